The van der Waals surface area contributed by atoms with Crippen LogP contribution >= 0.6 is 45.3 Å². The molecule has 11 heterocycles. The fraction of sp³-hybridized carbons (Fsp3) is 0.412. The normalized spacial score (nSPS) is 16.0. The molecule has 0 spiro atoms. The Morgan fingerprint density at radius 2 is 0.544 bits per heavy atom. The monoisotopic (exact) mass is 1290 g/mol. The summed E-state index contributed by atoms with van der Waals surface area (Å²) in [5.74, 6) is 3.76. The number of nitrogens with zero attached hydrogens (tertiary/aromatic N) is 6. The van der Waals surface area contributed by atoms with Gasteiger partial charge >= 0.3 is 0 Å². The van der Waals surface area contributed by atoms with Crippen molar-refractivity contribution in [3.63, 3.8) is 0 Å². The summed E-state index contributed by atoms with van der Waals surface area (Å²) in [5, 5.41) is 1.40. The van der Waals surface area contributed by atoms with Gasteiger partial charge in [-0.25, -0.2) is 29.9 Å². The number of fused-ring (bicyclic) bond motifs is 16. The van der Waals surface area contributed by atoms with E-state index in [4.69, 9.17) is 77.3 Å². The third-order valence-electron chi connectivity index (χ3n) is 17.0. The highest BCUT2D eigenvalue weighted by Crippen LogP contribution is 2.51. The van der Waals surface area contributed by atoms with Gasteiger partial charge in [-0.3, -0.25) is 0 Å². The highest BCUT2D eigenvalue weighted by atomic mass is 32.1. The van der Waals surface area contributed by atoms with Gasteiger partial charge in [0.05, 0.1) is 79.3 Å². The molecule has 0 unspecified atom stereocenters. The van der Waals surface area contributed by atoms with Crippen molar-refractivity contribution < 1.29 is 47.4 Å². The molecule has 13 rings (SSSR count). The van der Waals surface area contributed by atoms with Gasteiger partial charge in [-0.05, 0) is 130 Å². The number of aromatic nitrogens is 8. The van der Waals surface area contributed by atoms with E-state index in [9.17, 15) is 0 Å². The molecule has 4 aliphatic heterocycles. The molecule has 0 radical (unpaired) electrons. The van der Waals surface area contributed by atoms with E-state index < -0.39 is 0 Å². The summed E-state index contributed by atoms with van der Waals surface area (Å²) in [7, 11) is 0. The molecule has 0 aliphatic carbocycles. The number of rotatable bonds is 4. The summed E-state index contributed by atoms with van der Waals surface area (Å²) in [6.45, 7) is 32.2. The Morgan fingerprint density at radius 1 is 0.278 bits per heavy atom. The van der Waals surface area contributed by atoms with Crippen LogP contribution in [0.5, 0.6) is 23.0 Å². The number of hydrogen-bond donors (Lipinski definition) is 2. The Morgan fingerprint density at radius 3 is 0.878 bits per heavy atom. The van der Waals surface area contributed by atoms with Crippen molar-refractivity contribution in [2.24, 2.45) is 0 Å². The second-order valence-electron chi connectivity index (χ2n) is 22.7. The van der Waals surface area contributed by atoms with Gasteiger partial charge in [-0.1, -0.05) is 0 Å². The average molecular weight is 1290 g/mol. The number of hydrogen-bond acceptors (Lipinski definition) is 20. The lowest BCUT2D eigenvalue weighted by atomic mass is 9.91. The Hall–Kier alpha value is -6.96. The number of aryl methyl sites for hydroxylation is 8. The Bertz CT molecular complexity index is 4470. The summed E-state index contributed by atoms with van der Waals surface area (Å²) in [4.78, 5) is 51.3. The molecule has 90 heavy (non-hydrogen) atoms. The third kappa shape index (κ3) is 11.9. The fourth-order valence-corrected chi connectivity index (χ4v) is 16.6. The van der Waals surface area contributed by atoms with E-state index in [1.165, 1.54) is 25.1 Å². The van der Waals surface area contributed by atoms with Crippen molar-refractivity contribution in [1.29, 1.82) is 0 Å². The van der Waals surface area contributed by atoms with Crippen LogP contribution in [0.25, 0.3) is 89.5 Å². The van der Waals surface area contributed by atoms with Crippen LogP contribution in [0.3, 0.4) is 0 Å². The number of nitrogens with one attached hydrogen (secondary N) is 2. The Kier molecular flexibility index (Phi) is 18.1. The van der Waals surface area contributed by atoms with Crippen molar-refractivity contribution in [1.82, 2.24) is 39.9 Å². The highest BCUT2D eigenvalue weighted by molar-refractivity contribution is 7.13. The zero-order valence-electron chi connectivity index (χ0n) is 53.0. The molecule has 18 nitrogen and oxygen atoms in total. The number of aromatic amines is 2. The average Bonchev–Trinajstić information content (AvgIpc) is 1.63. The zero-order chi connectivity index (χ0) is 62.5. The van der Waals surface area contributed by atoms with E-state index in [1.807, 2.05) is 24.3 Å². The zero-order valence-corrected chi connectivity index (χ0v) is 56.3. The van der Waals surface area contributed by atoms with Crippen LogP contribution in [0.15, 0.2) is 24.3 Å². The SMILES string of the molecule is Cc1sc(C)c(C2=C(c3c(C)sc(C)c3C)c3nc2nc2[nH]c(nc4nc(nc5[nH]c(n3)c3cc6c(cc53)OCCOCCOCCOCCO6)-c3cc5c(cc3-4)OCCOCCOCCOCCO5)c(-c3c(C)sc(C)c3C)c2-c2c(C)sc(C)c2C)c1C. The minimum atomic E-state index is 0.247. The van der Waals surface area contributed by atoms with Gasteiger partial charge < -0.3 is 57.3 Å². The topological polar surface area (TPSA) is 201 Å². The first kappa shape index (κ1) is 61.9. The number of H-pyrrole nitrogens is 2. The van der Waals surface area contributed by atoms with E-state index in [-0.39, 0.29) is 26.4 Å². The van der Waals surface area contributed by atoms with E-state index in [1.54, 1.807) is 45.3 Å². The smallest absolute Gasteiger partial charge is 0.165 e. The Labute approximate surface area is 539 Å². The van der Waals surface area contributed by atoms with Crippen molar-refractivity contribution in [3.05, 3.63) is 108 Å². The molecule has 22 heteroatoms. The molecule has 2 N–H and O–H groups in total. The maximum Gasteiger partial charge on any atom is 0.165 e. The maximum atomic E-state index is 6.59. The number of ether oxygens (including phenoxy) is 10. The first-order valence-electron chi connectivity index (χ1n) is 30.6. The van der Waals surface area contributed by atoms with Crippen molar-refractivity contribution in [3.8, 4) is 68.0 Å². The van der Waals surface area contributed by atoms with Crippen molar-refractivity contribution in [2.45, 2.75) is 83.1 Å². The molecule has 0 atom stereocenters. The van der Waals surface area contributed by atoms with Gasteiger partial charge in [0.15, 0.2) is 46.3 Å². The minimum Gasteiger partial charge on any atom is -0.487 e. The predicted molar refractivity (Wildman–Crippen MR) is 358 cm³/mol. The fourth-order valence-electron chi connectivity index (χ4n) is 12.3. The third-order valence-corrected chi connectivity index (χ3v) is 21.5. The van der Waals surface area contributed by atoms with Crippen molar-refractivity contribution >= 4 is 89.9 Å². The number of thiophene rings is 4. The maximum absolute atomic E-state index is 6.59. The molecule has 0 saturated heterocycles. The molecule has 9 aromatic rings. The first-order valence-corrected chi connectivity index (χ1v) is 33.8. The van der Waals surface area contributed by atoms with Crippen LogP contribution in [0.2, 0.25) is 0 Å². The summed E-state index contributed by atoms with van der Waals surface area (Å²) in [6.07, 6.45) is 0. The lowest BCUT2D eigenvalue weighted by Gasteiger charge is -2.15. The number of benzene rings is 2. The quantitative estimate of drug-likeness (QED) is 0.168. The standard InChI is InChI=1S/C68H74N8O10S4/c1-33-37(5)87-41(9)53(33)57-59(55-35(3)39(7)89-43(55)11)67-74-65(57)72-63-47-31-51-49(83-25-21-79-17-13-77-15-19-81-23-27-85-51)29-45(47)61(70-63)69-62-46-30-50-52(86-28-24-82-20-16-78-14-18-80-22-26-84-50)32-48(46)64(71-62)73-66-58(54-34(2)38(6)88-42(54)10)60(68(75-66)76-67)56-36(4)40(8)90-44(56)12/h29-32H,13-28H2,1-12H3,(H2,69,70,71,72,73,74,75,76). The molecule has 2 aromatic carbocycles. The molecule has 8 bridgehead atoms. The van der Waals surface area contributed by atoms with E-state index in [0.717, 1.165) is 80.7 Å². The van der Waals surface area contributed by atoms with E-state index in [0.29, 0.717) is 170 Å². The molecular weight excluding hydrogens is 1220 g/mol. The second kappa shape index (κ2) is 26.3. The summed E-state index contributed by atoms with van der Waals surface area (Å²) < 4.78 is 61.5. The highest BCUT2D eigenvalue weighted by Gasteiger charge is 2.35. The van der Waals surface area contributed by atoms with Crippen LogP contribution in [0.1, 0.15) is 84.0 Å². The van der Waals surface area contributed by atoms with Crippen LogP contribution < -0.4 is 18.9 Å². The Balaban J connectivity index is 1.19. The van der Waals surface area contributed by atoms with Crippen molar-refractivity contribution in [2.75, 3.05) is 106 Å². The van der Waals surface area contributed by atoms with Crippen LogP contribution in [0.4, 0.5) is 0 Å². The van der Waals surface area contributed by atoms with Crippen LogP contribution in [0, 0.1) is 83.1 Å². The van der Waals surface area contributed by atoms with E-state index >= 15 is 0 Å². The minimum absolute atomic E-state index is 0.247. The summed E-state index contributed by atoms with van der Waals surface area (Å²) in [5.41, 5.74) is 16.2. The van der Waals surface area contributed by atoms with Gasteiger partial charge in [-0.15, -0.1) is 45.3 Å². The van der Waals surface area contributed by atoms with Crippen LogP contribution in [-0.4, -0.2) is 146 Å². The molecular formula is C68H74N8O10S4. The van der Waals surface area contributed by atoms with Gasteiger partial charge in [0.1, 0.15) is 49.0 Å². The molecule has 470 valence electrons. The predicted octanol–water partition coefficient (Wildman–Crippen LogP) is 14.3. The largest absolute Gasteiger partial charge is 0.487 e. The first-order chi connectivity index (χ1) is 43.6. The molecule has 0 fully saturated rings. The molecule has 0 saturated carbocycles. The van der Waals surface area contributed by atoms with Gasteiger partial charge in [0.25, 0.3) is 0 Å². The van der Waals surface area contributed by atoms with E-state index in [2.05, 4.69) is 93.1 Å². The lowest BCUT2D eigenvalue weighted by molar-refractivity contribution is 0.00708. The summed E-state index contributed by atoms with van der Waals surface area (Å²) in [6, 6.07) is 7.82. The van der Waals surface area contributed by atoms with Gasteiger partial charge in [0.2, 0.25) is 0 Å². The molecule has 7 aromatic heterocycles. The van der Waals surface area contributed by atoms with Gasteiger partial charge in [0, 0.05) is 105 Å². The summed E-state index contributed by atoms with van der Waals surface area (Å²) >= 11 is 7.13. The van der Waals surface area contributed by atoms with Crippen LogP contribution in [-0.2, 0) is 28.4 Å². The second-order valence-corrected chi connectivity index (χ2v) is 28.4. The lowest BCUT2D eigenvalue weighted by Crippen LogP contribution is -2.13. The molecule has 0 amide bonds. The van der Waals surface area contributed by atoms with Gasteiger partial charge in [-0.2, -0.15) is 0 Å². The molecule has 4 aliphatic rings.